The Labute approximate surface area is 240 Å². The Kier molecular flexibility index (Phi) is 9.80. The van der Waals surface area contributed by atoms with Crippen molar-refractivity contribution in [2.75, 3.05) is 18.6 Å². The van der Waals surface area contributed by atoms with Gasteiger partial charge in [-0.3, -0.25) is 9.69 Å². The number of carboxylic acids is 1. The molecule has 3 aromatic rings. The number of aliphatic hydroxyl groups excluding tert-OH is 3. The van der Waals surface area contributed by atoms with Crippen molar-refractivity contribution in [3.8, 4) is 11.5 Å². The van der Waals surface area contributed by atoms with Gasteiger partial charge in [-0.15, -0.1) is 0 Å². The number of fused-ring (bicyclic) bond motifs is 1. The fourth-order valence-electron chi connectivity index (χ4n) is 4.31. The van der Waals surface area contributed by atoms with E-state index in [1.165, 1.54) is 30.0 Å². The van der Waals surface area contributed by atoms with Gasteiger partial charge in [0.25, 0.3) is 0 Å². The van der Waals surface area contributed by atoms with Gasteiger partial charge in [-0.2, -0.15) is 0 Å². The third-order valence-corrected chi connectivity index (χ3v) is 6.54. The van der Waals surface area contributed by atoms with Crippen LogP contribution >= 0.6 is 0 Å². The molecule has 0 radical (unpaired) electrons. The lowest BCUT2D eigenvalue weighted by Gasteiger charge is -2.38. The molecule has 1 fully saturated rings. The third kappa shape index (κ3) is 7.06. The van der Waals surface area contributed by atoms with Crippen LogP contribution in [0.25, 0.3) is 10.8 Å². The Morgan fingerprint density at radius 1 is 0.952 bits per heavy atom. The van der Waals surface area contributed by atoms with Crippen molar-refractivity contribution < 1.29 is 53.8 Å². The summed E-state index contributed by atoms with van der Waals surface area (Å²) in [6, 6.07) is 17.7. The summed E-state index contributed by atoms with van der Waals surface area (Å²) in [4.78, 5) is 37.4. The highest BCUT2D eigenvalue weighted by atomic mass is 16.7. The van der Waals surface area contributed by atoms with E-state index < -0.39 is 48.7 Å². The van der Waals surface area contributed by atoms with Crippen molar-refractivity contribution in [1.29, 1.82) is 0 Å². The quantitative estimate of drug-likeness (QED) is 0.220. The molecule has 224 valence electrons. The van der Waals surface area contributed by atoms with E-state index in [9.17, 15) is 34.8 Å². The summed E-state index contributed by atoms with van der Waals surface area (Å²) in [5.41, 5.74) is 0.570. The number of carbonyl (C=O) groups excluding carboxylic acids is 2. The largest absolute Gasteiger partial charge is 0.479 e. The van der Waals surface area contributed by atoms with E-state index in [0.717, 1.165) is 10.8 Å². The van der Waals surface area contributed by atoms with Gasteiger partial charge in [0.05, 0.1) is 5.69 Å². The molecular weight excluding hydrogens is 552 g/mol. The first kappa shape index (κ1) is 30.5. The van der Waals surface area contributed by atoms with Gasteiger partial charge in [-0.1, -0.05) is 42.5 Å². The minimum absolute atomic E-state index is 0.0317. The van der Waals surface area contributed by atoms with Gasteiger partial charge in [0.15, 0.2) is 12.8 Å². The van der Waals surface area contributed by atoms with Crippen LogP contribution < -0.4 is 14.8 Å². The second-order valence-corrected chi connectivity index (χ2v) is 9.53. The van der Waals surface area contributed by atoms with E-state index in [1.807, 2.05) is 42.5 Å². The van der Waals surface area contributed by atoms with Crippen LogP contribution in [0.15, 0.2) is 60.7 Å². The summed E-state index contributed by atoms with van der Waals surface area (Å²) in [7, 11) is 0. The van der Waals surface area contributed by atoms with Gasteiger partial charge in [-0.25, -0.2) is 9.59 Å². The number of benzene rings is 3. The SMILES string of the molecule is CCN(COc1cccc2ccccc12)C(=O)OCc1ccc(O[C@H]2OC(C(=O)O)C(O)[C@H](O)C2O)c(NC(C)=O)c1. The van der Waals surface area contributed by atoms with Crippen LogP contribution in [-0.4, -0.2) is 87.3 Å². The van der Waals surface area contributed by atoms with Gasteiger partial charge in [-0.05, 0) is 36.1 Å². The molecule has 5 atom stereocenters. The molecule has 0 aromatic heterocycles. The second-order valence-electron chi connectivity index (χ2n) is 9.53. The molecule has 0 aliphatic carbocycles. The zero-order chi connectivity index (χ0) is 30.4. The summed E-state index contributed by atoms with van der Waals surface area (Å²) in [5, 5.41) is 43.9. The predicted octanol–water partition coefficient (Wildman–Crippen LogP) is 2.06. The predicted molar refractivity (Wildman–Crippen MR) is 148 cm³/mol. The van der Waals surface area contributed by atoms with E-state index in [0.29, 0.717) is 17.9 Å². The topological polar surface area (TPSA) is 184 Å². The maximum atomic E-state index is 12.8. The highest BCUT2D eigenvalue weighted by molar-refractivity contribution is 5.90. The molecule has 0 saturated carbocycles. The van der Waals surface area contributed by atoms with E-state index in [4.69, 9.17) is 18.9 Å². The molecule has 13 heteroatoms. The second kappa shape index (κ2) is 13.5. The first-order valence-electron chi connectivity index (χ1n) is 13.1. The Morgan fingerprint density at radius 2 is 1.69 bits per heavy atom. The summed E-state index contributed by atoms with van der Waals surface area (Å²) in [6.07, 6.45) is -9.71. The van der Waals surface area contributed by atoms with Crippen molar-refractivity contribution in [1.82, 2.24) is 4.90 Å². The minimum atomic E-state index is -1.88. The Balaban J connectivity index is 1.42. The average Bonchev–Trinajstić information content (AvgIpc) is 2.97. The van der Waals surface area contributed by atoms with Gasteiger partial charge >= 0.3 is 12.1 Å². The Bertz CT molecular complexity index is 1430. The van der Waals surface area contributed by atoms with Crippen LogP contribution in [0, 0.1) is 0 Å². The van der Waals surface area contributed by atoms with Gasteiger partial charge < -0.3 is 44.7 Å². The number of hydrogen-bond donors (Lipinski definition) is 5. The third-order valence-electron chi connectivity index (χ3n) is 6.54. The zero-order valence-corrected chi connectivity index (χ0v) is 22.9. The van der Waals surface area contributed by atoms with Crippen LogP contribution in [0.1, 0.15) is 19.4 Å². The van der Waals surface area contributed by atoms with E-state index >= 15 is 0 Å². The van der Waals surface area contributed by atoms with Crippen molar-refractivity contribution in [3.63, 3.8) is 0 Å². The first-order chi connectivity index (χ1) is 20.1. The molecule has 3 unspecified atom stereocenters. The van der Waals surface area contributed by atoms with Crippen LogP contribution in [0.4, 0.5) is 10.5 Å². The fraction of sp³-hybridized carbons (Fsp3) is 0.345. The number of anilines is 1. The maximum absolute atomic E-state index is 12.8. The van der Waals surface area contributed by atoms with Crippen LogP contribution in [0.3, 0.4) is 0 Å². The smallest absolute Gasteiger partial charge is 0.412 e. The lowest BCUT2D eigenvalue weighted by Crippen LogP contribution is -2.61. The summed E-state index contributed by atoms with van der Waals surface area (Å²) >= 11 is 0. The highest BCUT2D eigenvalue weighted by Crippen LogP contribution is 2.31. The monoisotopic (exact) mass is 584 g/mol. The molecule has 1 aliphatic heterocycles. The zero-order valence-electron chi connectivity index (χ0n) is 22.9. The van der Waals surface area contributed by atoms with Gasteiger partial charge in [0.1, 0.15) is 36.4 Å². The average molecular weight is 585 g/mol. The van der Waals surface area contributed by atoms with Crippen LogP contribution in [0.5, 0.6) is 11.5 Å². The standard InChI is InChI=1S/C29H32N2O11/c1-3-31(15-40-21-10-6-8-18-7-4-5-9-19(18)21)29(38)39-14-17-11-12-22(20(13-17)30-16(2)32)41-28-25(35)23(33)24(34)26(42-28)27(36)37/h4-13,23-26,28,33-35H,3,14-15H2,1-2H3,(H,30,32)(H,36,37)/t23-,24?,25?,26?,28-/m0/s1. The van der Waals surface area contributed by atoms with E-state index in [-0.39, 0.29) is 24.8 Å². The first-order valence-corrected chi connectivity index (χ1v) is 13.1. The number of nitrogens with one attached hydrogen (secondary N) is 1. The van der Waals surface area contributed by atoms with Gasteiger partial charge in [0.2, 0.25) is 12.2 Å². The molecule has 1 aliphatic rings. The molecule has 1 saturated heterocycles. The van der Waals surface area contributed by atoms with Gasteiger partial charge in [0, 0.05) is 18.9 Å². The normalized spacial score (nSPS) is 21.8. The summed E-state index contributed by atoms with van der Waals surface area (Å²) in [6.45, 7) is 3.12. The number of ether oxygens (including phenoxy) is 4. The van der Waals surface area contributed by atoms with Crippen molar-refractivity contribution in [2.45, 2.75) is 51.2 Å². The van der Waals surface area contributed by atoms with Crippen LogP contribution in [-0.2, 0) is 25.7 Å². The maximum Gasteiger partial charge on any atom is 0.412 e. The minimum Gasteiger partial charge on any atom is -0.479 e. The molecule has 0 bridgehead atoms. The summed E-state index contributed by atoms with van der Waals surface area (Å²) in [5.74, 6) is -1.44. The number of aliphatic carboxylic acids is 1. The molecule has 2 amide bonds. The highest BCUT2D eigenvalue weighted by Gasteiger charge is 2.48. The van der Waals surface area contributed by atoms with Crippen molar-refractivity contribution in [3.05, 3.63) is 66.2 Å². The fourth-order valence-corrected chi connectivity index (χ4v) is 4.31. The molecular formula is C29H32N2O11. The molecule has 0 spiro atoms. The lowest BCUT2D eigenvalue weighted by molar-refractivity contribution is -0.271. The number of aliphatic hydroxyl groups is 3. The molecule has 4 rings (SSSR count). The molecule has 13 nitrogen and oxygen atoms in total. The number of hydrogen-bond acceptors (Lipinski definition) is 10. The molecule has 3 aromatic carbocycles. The summed E-state index contributed by atoms with van der Waals surface area (Å²) < 4.78 is 22.1. The Hall–Kier alpha value is -4.43. The molecule has 42 heavy (non-hydrogen) atoms. The number of carboxylic acid groups (broad SMARTS) is 1. The molecule has 5 N–H and O–H groups in total. The van der Waals surface area contributed by atoms with E-state index in [2.05, 4.69) is 5.32 Å². The Morgan fingerprint density at radius 3 is 2.40 bits per heavy atom. The van der Waals surface area contributed by atoms with Crippen LogP contribution in [0.2, 0.25) is 0 Å². The van der Waals surface area contributed by atoms with E-state index in [1.54, 1.807) is 6.92 Å². The number of amides is 2. The lowest BCUT2D eigenvalue weighted by atomic mass is 9.99. The van der Waals surface area contributed by atoms with Crippen molar-refractivity contribution >= 4 is 34.4 Å². The number of nitrogens with zero attached hydrogens (tertiary/aromatic N) is 1. The number of rotatable bonds is 10. The molecule has 1 heterocycles. The van der Waals surface area contributed by atoms with Crippen molar-refractivity contribution in [2.24, 2.45) is 0 Å². The number of carbonyl (C=O) groups is 3.